The van der Waals surface area contributed by atoms with E-state index >= 15 is 0 Å². The number of carbonyl (C=O) groups excluding carboxylic acids is 2. The molecule has 1 saturated heterocycles. The van der Waals surface area contributed by atoms with Crippen molar-refractivity contribution >= 4 is 34.7 Å². The van der Waals surface area contributed by atoms with Gasteiger partial charge >= 0.3 is 5.97 Å². The number of pyridine rings is 1. The molecule has 2 aliphatic heterocycles. The SMILES string of the molecule is CCOC(=O)c1cn(CCCCOc2cc3c(cc2OC)C(=O)N2CCC[C@H]2C=N3)c2cc(F)c(F)cc2c1=O. The van der Waals surface area contributed by atoms with Crippen LogP contribution < -0.4 is 14.9 Å². The van der Waals surface area contributed by atoms with E-state index in [2.05, 4.69) is 4.99 Å². The van der Waals surface area contributed by atoms with Gasteiger partial charge in [-0.15, -0.1) is 0 Å². The van der Waals surface area contributed by atoms with Crippen LogP contribution in [0.3, 0.4) is 0 Å². The number of rotatable bonds is 9. The van der Waals surface area contributed by atoms with Crippen LogP contribution in [0, 0.1) is 11.6 Å². The molecule has 0 N–H and O–H groups in total. The third-order valence-corrected chi connectivity index (χ3v) is 7.13. The second kappa shape index (κ2) is 11.4. The number of benzene rings is 2. The number of methoxy groups -OCH3 is 1. The van der Waals surface area contributed by atoms with E-state index in [1.165, 1.54) is 13.3 Å². The molecule has 1 aromatic heterocycles. The van der Waals surface area contributed by atoms with Gasteiger partial charge in [-0.3, -0.25) is 14.6 Å². The third-order valence-electron chi connectivity index (χ3n) is 7.13. The Balaban J connectivity index is 1.30. The molecule has 0 spiro atoms. The van der Waals surface area contributed by atoms with Crippen molar-refractivity contribution in [2.75, 3.05) is 26.9 Å². The van der Waals surface area contributed by atoms with E-state index in [4.69, 9.17) is 14.2 Å². The van der Waals surface area contributed by atoms with Gasteiger partial charge < -0.3 is 23.7 Å². The van der Waals surface area contributed by atoms with Crippen LogP contribution in [-0.2, 0) is 11.3 Å². The number of hydrogen-bond acceptors (Lipinski definition) is 7. The summed E-state index contributed by atoms with van der Waals surface area (Å²) < 4.78 is 45.9. The highest BCUT2D eigenvalue weighted by molar-refractivity contribution is 6.03. The maximum absolute atomic E-state index is 14.0. The number of amides is 1. The van der Waals surface area contributed by atoms with E-state index < -0.39 is 23.0 Å². The minimum atomic E-state index is -1.17. The summed E-state index contributed by atoms with van der Waals surface area (Å²) in [7, 11) is 1.50. The molecule has 5 rings (SSSR count). The standard InChI is InChI=1S/C29H29F2N3O6/c1-3-39-29(37)20-16-33(24-13-22(31)21(30)11-19(24)27(20)35)8-4-5-10-40-26-14-23-18(12-25(26)38-2)28(36)34-9-6-7-17(34)15-32-23/h11-17H,3-10H2,1-2H3/t17-/m0/s1. The first kappa shape index (κ1) is 27.3. The van der Waals surface area contributed by atoms with Crippen LogP contribution in [0.15, 0.2) is 40.2 Å². The number of aryl methyl sites for hydroxylation is 1. The molecule has 210 valence electrons. The Hall–Kier alpha value is -4.28. The van der Waals surface area contributed by atoms with Gasteiger partial charge in [-0.1, -0.05) is 0 Å². The number of ether oxygens (including phenoxy) is 3. The van der Waals surface area contributed by atoms with Crippen molar-refractivity contribution in [3.05, 3.63) is 63.4 Å². The topological polar surface area (TPSA) is 99.4 Å². The van der Waals surface area contributed by atoms with Crippen LogP contribution in [0.4, 0.5) is 14.5 Å². The molecule has 3 heterocycles. The highest BCUT2D eigenvalue weighted by Crippen LogP contribution is 2.38. The summed E-state index contributed by atoms with van der Waals surface area (Å²) in [6.45, 7) is 2.96. The van der Waals surface area contributed by atoms with Gasteiger partial charge in [-0.2, -0.15) is 0 Å². The Labute approximate surface area is 229 Å². The highest BCUT2D eigenvalue weighted by atomic mass is 19.2. The summed E-state index contributed by atoms with van der Waals surface area (Å²) >= 11 is 0. The van der Waals surface area contributed by atoms with Crippen LogP contribution in [0.2, 0.25) is 0 Å². The van der Waals surface area contributed by atoms with E-state index in [-0.39, 0.29) is 41.6 Å². The summed E-state index contributed by atoms with van der Waals surface area (Å²) in [5.41, 5.74) is 0.200. The predicted molar refractivity (Wildman–Crippen MR) is 144 cm³/mol. The minimum Gasteiger partial charge on any atom is -0.493 e. The molecule has 0 aliphatic carbocycles. The first-order chi connectivity index (χ1) is 19.3. The molecule has 11 heteroatoms. The van der Waals surface area contributed by atoms with Gasteiger partial charge in [0.25, 0.3) is 5.91 Å². The Morgan fingerprint density at radius 3 is 2.67 bits per heavy atom. The number of halogens is 2. The molecule has 0 bridgehead atoms. The molecule has 1 amide bonds. The van der Waals surface area contributed by atoms with Gasteiger partial charge in [-0.05, 0) is 44.7 Å². The molecule has 2 aliphatic rings. The van der Waals surface area contributed by atoms with Crippen molar-refractivity contribution in [3.63, 3.8) is 0 Å². The zero-order chi connectivity index (χ0) is 28.4. The fourth-order valence-electron chi connectivity index (χ4n) is 5.11. The van der Waals surface area contributed by atoms with Gasteiger partial charge in [0.05, 0.1) is 43.1 Å². The Morgan fingerprint density at radius 1 is 1.10 bits per heavy atom. The van der Waals surface area contributed by atoms with Crippen LogP contribution >= 0.6 is 0 Å². The van der Waals surface area contributed by atoms with Crippen LogP contribution in [0.1, 0.15) is 53.3 Å². The Kier molecular flexibility index (Phi) is 7.81. The number of aromatic nitrogens is 1. The predicted octanol–water partition coefficient (Wildman–Crippen LogP) is 4.64. The molecule has 3 aromatic rings. The number of carbonyl (C=O) groups is 2. The van der Waals surface area contributed by atoms with Crippen molar-refractivity contribution in [1.82, 2.24) is 9.47 Å². The molecule has 0 radical (unpaired) electrons. The Bertz CT molecular complexity index is 1570. The summed E-state index contributed by atoms with van der Waals surface area (Å²) in [5.74, 6) is -2.30. The molecule has 2 aromatic carbocycles. The van der Waals surface area contributed by atoms with Gasteiger partial charge in [-0.25, -0.2) is 13.6 Å². The third kappa shape index (κ3) is 5.15. The first-order valence-electron chi connectivity index (χ1n) is 13.2. The molecule has 1 atom stereocenters. The highest BCUT2D eigenvalue weighted by Gasteiger charge is 2.32. The molecule has 9 nitrogen and oxygen atoms in total. The zero-order valence-corrected chi connectivity index (χ0v) is 22.2. The van der Waals surface area contributed by atoms with E-state index in [0.717, 1.165) is 25.0 Å². The zero-order valence-electron chi connectivity index (χ0n) is 22.2. The summed E-state index contributed by atoms with van der Waals surface area (Å²) in [5, 5.41) is -0.106. The van der Waals surface area contributed by atoms with Crippen molar-refractivity contribution in [2.24, 2.45) is 4.99 Å². The molecule has 0 saturated carbocycles. The summed E-state index contributed by atoms with van der Waals surface area (Å²) in [4.78, 5) is 44.5. The van der Waals surface area contributed by atoms with Crippen molar-refractivity contribution in [2.45, 2.75) is 45.2 Å². The van der Waals surface area contributed by atoms with E-state index in [9.17, 15) is 23.2 Å². The fraction of sp³-hybridized carbons (Fsp3) is 0.379. The Morgan fingerprint density at radius 2 is 1.90 bits per heavy atom. The average Bonchev–Trinajstić information content (AvgIpc) is 3.37. The number of nitrogens with zero attached hydrogens (tertiary/aromatic N) is 3. The number of hydrogen-bond donors (Lipinski definition) is 0. The lowest BCUT2D eigenvalue weighted by Crippen LogP contribution is -2.35. The van der Waals surface area contributed by atoms with Crippen molar-refractivity contribution in [1.29, 1.82) is 0 Å². The van der Waals surface area contributed by atoms with Crippen molar-refractivity contribution in [3.8, 4) is 11.5 Å². The smallest absolute Gasteiger partial charge is 0.343 e. The second-order valence-corrected chi connectivity index (χ2v) is 9.63. The number of aliphatic imine (C=N–C) groups is 1. The molecular formula is C29H29F2N3O6. The lowest BCUT2D eigenvalue weighted by molar-refractivity contribution is 0.0523. The average molecular weight is 554 g/mol. The van der Waals surface area contributed by atoms with E-state index in [0.29, 0.717) is 48.7 Å². The second-order valence-electron chi connectivity index (χ2n) is 9.63. The summed E-state index contributed by atoms with van der Waals surface area (Å²) in [6.07, 6.45) is 6.03. The maximum Gasteiger partial charge on any atom is 0.343 e. The van der Waals surface area contributed by atoms with Gasteiger partial charge in [0, 0.05) is 43.0 Å². The summed E-state index contributed by atoms with van der Waals surface area (Å²) in [6, 6.07) is 5.10. The van der Waals surface area contributed by atoms with Crippen LogP contribution in [-0.4, -0.2) is 60.5 Å². The normalized spacial score (nSPS) is 16.1. The van der Waals surface area contributed by atoms with E-state index in [1.807, 2.05) is 4.90 Å². The van der Waals surface area contributed by atoms with Gasteiger partial charge in [0.15, 0.2) is 23.1 Å². The molecule has 0 unspecified atom stereocenters. The van der Waals surface area contributed by atoms with Crippen LogP contribution in [0.5, 0.6) is 11.5 Å². The molecule has 40 heavy (non-hydrogen) atoms. The number of fused-ring (bicyclic) bond motifs is 3. The largest absolute Gasteiger partial charge is 0.493 e. The van der Waals surface area contributed by atoms with E-state index in [1.54, 1.807) is 29.8 Å². The molecular weight excluding hydrogens is 524 g/mol. The van der Waals surface area contributed by atoms with Gasteiger partial charge in [0.2, 0.25) is 5.43 Å². The number of unbranched alkanes of at least 4 members (excludes halogenated alkanes) is 1. The quantitative estimate of drug-likeness (QED) is 0.283. The number of esters is 1. The van der Waals surface area contributed by atoms with Crippen molar-refractivity contribution < 1.29 is 32.6 Å². The molecule has 1 fully saturated rings. The minimum absolute atomic E-state index is 0.00571. The fourth-order valence-corrected chi connectivity index (χ4v) is 5.11. The van der Waals surface area contributed by atoms with Gasteiger partial charge in [0.1, 0.15) is 5.56 Å². The maximum atomic E-state index is 14.0. The first-order valence-corrected chi connectivity index (χ1v) is 13.2. The monoisotopic (exact) mass is 553 g/mol. The lowest BCUT2D eigenvalue weighted by atomic mass is 10.1. The van der Waals surface area contributed by atoms with Crippen LogP contribution in [0.25, 0.3) is 10.9 Å². The lowest BCUT2D eigenvalue weighted by Gasteiger charge is -2.20.